The molecule has 0 unspecified atom stereocenters. The molecule has 9 heteroatoms. The highest BCUT2D eigenvalue weighted by atomic mass is 16.6. The lowest BCUT2D eigenvalue weighted by Crippen LogP contribution is -2.49. The number of carbonyl (C=O) groups is 2. The number of likely N-dealkylation sites (tertiary alicyclic amines) is 1. The fraction of sp³-hybridized carbons (Fsp3) is 0.438. The molecule has 0 spiro atoms. The normalized spacial score (nSPS) is 16.9. The number of nitrogens with one attached hydrogen (secondary N) is 1. The molecule has 2 amide bonds. The molecule has 9 nitrogen and oxygen atoms in total. The van der Waals surface area contributed by atoms with E-state index in [0.29, 0.717) is 24.3 Å². The molecule has 1 aromatic carbocycles. The minimum Gasteiger partial charge on any atom is -0.391 e. The number of piperidine rings is 1. The molecule has 2 aromatic heterocycles. The van der Waals surface area contributed by atoms with E-state index in [9.17, 15) is 9.59 Å². The van der Waals surface area contributed by atoms with Crippen LogP contribution in [0, 0.1) is 5.92 Å². The van der Waals surface area contributed by atoms with Crippen molar-refractivity contribution in [3.8, 4) is 5.88 Å². The zero-order valence-corrected chi connectivity index (χ0v) is 23.9. The van der Waals surface area contributed by atoms with Crippen molar-refractivity contribution in [1.82, 2.24) is 24.7 Å². The van der Waals surface area contributed by atoms with Crippen molar-refractivity contribution in [2.75, 3.05) is 51.1 Å². The molecule has 2 saturated heterocycles. The lowest BCUT2D eigenvalue weighted by Gasteiger charge is -2.33. The predicted octanol–water partition coefficient (Wildman–Crippen LogP) is 4.71. The van der Waals surface area contributed by atoms with E-state index in [1.165, 1.54) is 24.6 Å². The number of amides is 2. The van der Waals surface area contributed by atoms with Gasteiger partial charge in [-0.05, 0) is 87.1 Å². The second kappa shape index (κ2) is 14.2. The van der Waals surface area contributed by atoms with Gasteiger partial charge in [0.15, 0.2) is 0 Å². The van der Waals surface area contributed by atoms with Crippen molar-refractivity contribution in [3.05, 3.63) is 83.8 Å². The summed E-state index contributed by atoms with van der Waals surface area (Å²) in [7, 11) is 0. The Bertz CT molecular complexity index is 1250. The highest BCUT2D eigenvalue weighted by Gasteiger charge is 2.23. The fourth-order valence-corrected chi connectivity index (χ4v) is 5.30. The molecule has 0 atom stereocenters. The lowest BCUT2D eigenvalue weighted by molar-refractivity contribution is 0.102. The second-order valence-corrected chi connectivity index (χ2v) is 11.1. The maximum Gasteiger partial charge on any atom is 0.416 e. The molecule has 0 aliphatic carbocycles. The topological polar surface area (TPSA) is 90.9 Å². The minimum atomic E-state index is -0.401. The van der Waals surface area contributed by atoms with Gasteiger partial charge in [-0.1, -0.05) is 25.1 Å². The molecule has 3 aromatic rings. The number of benzene rings is 1. The molecule has 4 heterocycles. The molecule has 0 saturated carbocycles. The van der Waals surface area contributed by atoms with Gasteiger partial charge in [0.05, 0.1) is 11.9 Å². The van der Waals surface area contributed by atoms with Gasteiger partial charge in [-0.3, -0.25) is 19.6 Å². The van der Waals surface area contributed by atoms with Crippen LogP contribution in [0.3, 0.4) is 0 Å². The summed E-state index contributed by atoms with van der Waals surface area (Å²) in [6.07, 6.45) is 7.42. The molecule has 1 N–H and O–H groups in total. The molecule has 2 aliphatic rings. The van der Waals surface area contributed by atoms with Crippen LogP contribution >= 0.6 is 0 Å². The van der Waals surface area contributed by atoms with Crippen molar-refractivity contribution >= 4 is 17.7 Å². The SMILES string of the molecule is CC1CCN(Cc2ccc(C(=O)Nc3ccc(OC(=O)N4CCN(CCCc5ccccn5)CC4)nc3)cc2)CC1. The van der Waals surface area contributed by atoms with Gasteiger partial charge in [-0.2, -0.15) is 0 Å². The summed E-state index contributed by atoms with van der Waals surface area (Å²) in [4.78, 5) is 40.5. The zero-order chi connectivity index (χ0) is 28.4. The van der Waals surface area contributed by atoms with Crippen LogP contribution in [0.25, 0.3) is 0 Å². The van der Waals surface area contributed by atoms with Crippen LogP contribution in [0.5, 0.6) is 5.88 Å². The molecule has 0 bridgehead atoms. The quantitative estimate of drug-likeness (QED) is 0.408. The van der Waals surface area contributed by atoms with Crippen LogP contribution in [0.4, 0.5) is 10.5 Å². The first-order valence-electron chi connectivity index (χ1n) is 14.7. The summed E-state index contributed by atoms with van der Waals surface area (Å²) in [5.74, 6) is 0.822. The second-order valence-electron chi connectivity index (χ2n) is 11.1. The molecule has 2 fully saturated rings. The molecule has 2 aliphatic heterocycles. The Balaban J connectivity index is 1.02. The van der Waals surface area contributed by atoms with Gasteiger partial charge in [0.2, 0.25) is 5.88 Å². The average molecular weight is 557 g/mol. The summed E-state index contributed by atoms with van der Waals surface area (Å²) in [6, 6.07) is 17.1. The number of ether oxygens (including phenoxy) is 1. The van der Waals surface area contributed by atoms with E-state index < -0.39 is 6.09 Å². The van der Waals surface area contributed by atoms with E-state index in [1.807, 2.05) is 42.6 Å². The first kappa shape index (κ1) is 28.7. The third-order valence-electron chi connectivity index (χ3n) is 7.95. The van der Waals surface area contributed by atoms with Crippen LogP contribution < -0.4 is 10.1 Å². The van der Waals surface area contributed by atoms with Gasteiger partial charge < -0.3 is 15.0 Å². The molecular formula is C32H40N6O3. The molecule has 216 valence electrons. The third-order valence-corrected chi connectivity index (χ3v) is 7.95. The summed E-state index contributed by atoms with van der Waals surface area (Å²) < 4.78 is 5.49. The van der Waals surface area contributed by atoms with Crippen LogP contribution in [0.15, 0.2) is 67.0 Å². The number of hydrogen-bond acceptors (Lipinski definition) is 7. The predicted molar refractivity (Wildman–Crippen MR) is 159 cm³/mol. The van der Waals surface area contributed by atoms with Crippen LogP contribution in [-0.4, -0.2) is 82.5 Å². The van der Waals surface area contributed by atoms with Gasteiger partial charge in [0, 0.05) is 56.2 Å². The Hall–Kier alpha value is -3.82. The van der Waals surface area contributed by atoms with Crippen molar-refractivity contribution in [2.24, 2.45) is 5.92 Å². The first-order chi connectivity index (χ1) is 20.0. The number of anilines is 1. The molecular weight excluding hydrogens is 516 g/mol. The molecule has 5 rings (SSSR count). The Kier molecular flexibility index (Phi) is 9.93. The van der Waals surface area contributed by atoms with Crippen LogP contribution in [-0.2, 0) is 13.0 Å². The first-order valence-corrected chi connectivity index (χ1v) is 14.7. The van der Waals surface area contributed by atoms with E-state index in [-0.39, 0.29) is 11.8 Å². The monoisotopic (exact) mass is 556 g/mol. The van der Waals surface area contributed by atoms with Crippen LogP contribution in [0.1, 0.15) is 47.8 Å². The molecule has 41 heavy (non-hydrogen) atoms. The largest absolute Gasteiger partial charge is 0.416 e. The summed E-state index contributed by atoms with van der Waals surface area (Å²) >= 11 is 0. The summed E-state index contributed by atoms with van der Waals surface area (Å²) in [6.45, 7) is 9.34. The Morgan fingerprint density at radius 2 is 1.68 bits per heavy atom. The zero-order valence-electron chi connectivity index (χ0n) is 23.9. The van der Waals surface area contributed by atoms with E-state index in [0.717, 1.165) is 63.7 Å². The molecule has 0 radical (unpaired) electrons. The number of rotatable bonds is 9. The number of nitrogens with zero attached hydrogens (tertiary/aromatic N) is 5. The van der Waals surface area contributed by atoms with Gasteiger partial charge in [-0.25, -0.2) is 9.78 Å². The van der Waals surface area contributed by atoms with Gasteiger partial charge >= 0.3 is 6.09 Å². The van der Waals surface area contributed by atoms with Crippen molar-refractivity contribution in [3.63, 3.8) is 0 Å². The minimum absolute atomic E-state index is 0.201. The van der Waals surface area contributed by atoms with Crippen LogP contribution in [0.2, 0.25) is 0 Å². The number of aromatic nitrogens is 2. The highest BCUT2D eigenvalue weighted by molar-refractivity contribution is 6.04. The smallest absolute Gasteiger partial charge is 0.391 e. The average Bonchev–Trinajstić information content (AvgIpc) is 3.00. The van der Waals surface area contributed by atoms with Crippen molar-refractivity contribution in [1.29, 1.82) is 0 Å². The highest BCUT2D eigenvalue weighted by Crippen LogP contribution is 2.19. The van der Waals surface area contributed by atoms with Gasteiger partial charge in [-0.15, -0.1) is 0 Å². The standard InChI is InChI=1S/C32H40N6O3/c1-25-13-17-37(18-14-25)24-26-7-9-27(10-8-26)31(39)35-29-11-12-30(34-23-29)41-32(40)38-21-19-36(20-22-38)16-4-6-28-5-2-3-15-33-28/h2-3,5,7-12,15,23,25H,4,6,13-14,16-22,24H2,1H3,(H,35,39). The van der Waals surface area contributed by atoms with Crippen molar-refractivity contribution in [2.45, 2.75) is 39.2 Å². The van der Waals surface area contributed by atoms with E-state index in [4.69, 9.17) is 4.74 Å². The number of aryl methyl sites for hydroxylation is 1. The Morgan fingerprint density at radius 3 is 2.37 bits per heavy atom. The van der Waals surface area contributed by atoms with E-state index >= 15 is 0 Å². The Morgan fingerprint density at radius 1 is 0.902 bits per heavy atom. The fourth-order valence-electron chi connectivity index (χ4n) is 5.30. The van der Waals surface area contributed by atoms with Crippen molar-refractivity contribution < 1.29 is 14.3 Å². The maximum atomic E-state index is 12.7. The maximum absolute atomic E-state index is 12.7. The third kappa shape index (κ3) is 8.58. The van der Waals surface area contributed by atoms with Gasteiger partial charge in [0.1, 0.15) is 0 Å². The van der Waals surface area contributed by atoms with E-state index in [1.54, 1.807) is 17.0 Å². The summed E-state index contributed by atoms with van der Waals surface area (Å²) in [5, 5.41) is 2.87. The number of piperazine rings is 1. The number of hydrogen-bond donors (Lipinski definition) is 1. The number of pyridine rings is 2. The number of carbonyl (C=O) groups excluding carboxylic acids is 2. The summed E-state index contributed by atoms with van der Waals surface area (Å²) in [5.41, 5.74) is 3.46. The Labute approximate surface area is 242 Å². The lowest BCUT2D eigenvalue weighted by atomic mass is 9.99. The van der Waals surface area contributed by atoms with E-state index in [2.05, 4.69) is 38.1 Å². The van der Waals surface area contributed by atoms with Gasteiger partial charge in [0.25, 0.3) is 5.91 Å².